The van der Waals surface area contributed by atoms with Crippen LogP contribution in [0.1, 0.15) is 55.9 Å². The van der Waals surface area contributed by atoms with E-state index >= 15 is 0 Å². The van der Waals surface area contributed by atoms with Crippen molar-refractivity contribution in [3.8, 4) is 0 Å². The molecule has 0 radical (unpaired) electrons. The highest BCUT2D eigenvalue weighted by atomic mass is 16.6. The van der Waals surface area contributed by atoms with Crippen molar-refractivity contribution < 1.29 is 28.6 Å². The van der Waals surface area contributed by atoms with Gasteiger partial charge in [-0.05, 0) is 49.4 Å². The Kier molecular flexibility index (Phi) is 9.79. The van der Waals surface area contributed by atoms with Gasteiger partial charge in [-0.2, -0.15) is 0 Å². The fourth-order valence-electron chi connectivity index (χ4n) is 5.83. The van der Waals surface area contributed by atoms with Crippen molar-refractivity contribution in [2.45, 2.75) is 57.5 Å². The number of amides is 2. The second kappa shape index (κ2) is 13.9. The number of rotatable bonds is 10. The second-order valence-corrected chi connectivity index (χ2v) is 12.2. The third-order valence-electron chi connectivity index (χ3n) is 7.78. The van der Waals surface area contributed by atoms with E-state index in [0.717, 1.165) is 27.2 Å². The Bertz CT molecular complexity index is 1470. The molecule has 1 fully saturated rings. The molecule has 7 nitrogen and oxygen atoms in total. The molecule has 0 saturated carbocycles. The molecule has 232 valence electrons. The maximum atomic E-state index is 13.8. The first kappa shape index (κ1) is 31.7. The van der Waals surface area contributed by atoms with E-state index in [-0.39, 0.29) is 26.1 Å². The lowest BCUT2D eigenvalue weighted by atomic mass is 9.80. The Morgan fingerprint density at radius 1 is 0.733 bits per heavy atom. The van der Waals surface area contributed by atoms with Crippen LogP contribution in [0.2, 0.25) is 0 Å². The highest BCUT2D eigenvalue weighted by Crippen LogP contribution is 2.41. The quantitative estimate of drug-likeness (QED) is 0.140. The molecule has 1 saturated heterocycles. The maximum absolute atomic E-state index is 13.8. The molecule has 0 aromatic heterocycles. The van der Waals surface area contributed by atoms with Gasteiger partial charge < -0.3 is 14.2 Å². The smallest absolute Gasteiger partial charge is 0.417 e. The van der Waals surface area contributed by atoms with Gasteiger partial charge in [-0.1, -0.05) is 121 Å². The summed E-state index contributed by atoms with van der Waals surface area (Å²) < 4.78 is 18.1. The van der Waals surface area contributed by atoms with E-state index in [1.54, 1.807) is 20.8 Å². The number of likely N-dealkylation sites (tertiary alicyclic amines) is 1. The third-order valence-corrected chi connectivity index (χ3v) is 7.78. The first-order valence-electron chi connectivity index (χ1n) is 15.2. The van der Waals surface area contributed by atoms with E-state index in [0.29, 0.717) is 0 Å². The fraction of sp³-hybridized carbons (Fsp3) is 0.289. The zero-order valence-electron chi connectivity index (χ0n) is 25.9. The van der Waals surface area contributed by atoms with Crippen LogP contribution in [0.3, 0.4) is 0 Å². The van der Waals surface area contributed by atoms with Crippen LogP contribution in [0.4, 0.5) is 4.79 Å². The summed E-state index contributed by atoms with van der Waals surface area (Å²) in [4.78, 5) is 41.2. The monoisotopic (exact) mass is 605 g/mol. The van der Waals surface area contributed by atoms with E-state index in [1.165, 1.54) is 0 Å². The maximum Gasteiger partial charge on any atom is 0.417 e. The van der Waals surface area contributed by atoms with Crippen LogP contribution in [0.5, 0.6) is 0 Å². The average Bonchev–Trinajstić information content (AvgIpc) is 3.35. The van der Waals surface area contributed by atoms with E-state index in [4.69, 9.17) is 14.2 Å². The van der Waals surface area contributed by atoms with Gasteiger partial charge in [0.1, 0.15) is 17.8 Å². The minimum Gasteiger partial charge on any atom is -0.460 e. The number of hydrogen-bond acceptors (Lipinski definition) is 6. The van der Waals surface area contributed by atoms with Crippen LogP contribution in [-0.4, -0.2) is 41.1 Å². The number of ether oxygens (including phenoxy) is 3. The molecule has 5 rings (SSSR count). The SMILES string of the molecule is CC(C)(C)OC(=O)C[C@@H]1C[C@@H](COC(c2ccccc2)(c2ccccc2)c2ccccc2)N(C(=O)OCc2ccccc2)C1=O. The van der Waals surface area contributed by atoms with Gasteiger partial charge in [0.25, 0.3) is 0 Å². The van der Waals surface area contributed by atoms with Gasteiger partial charge in [0.05, 0.1) is 25.0 Å². The molecule has 0 bridgehead atoms. The number of carbonyl (C=O) groups is 3. The fourth-order valence-corrected chi connectivity index (χ4v) is 5.83. The summed E-state index contributed by atoms with van der Waals surface area (Å²) in [5, 5.41) is 0. The van der Waals surface area contributed by atoms with Crippen molar-refractivity contribution in [2.75, 3.05) is 6.61 Å². The number of hydrogen-bond donors (Lipinski definition) is 0. The van der Waals surface area contributed by atoms with E-state index in [2.05, 4.69) is 0 Å². The van der Waals surface area contributed by atoms with Crippen LogP contribution in [0.25, 0.3) is 0 Å². The van der Waals surface area contributed by atoms with Gasteiger partial charge in [-0.25, -0.2) is 9.69 Å². The minimum atomic E-state index is -1.05. The normalized spacial score (nSPS) is 16.8. The van der Waals surface area contributed by atoms with Crippen LogP contribution >= 0.6 is 0 Å². The first-order valence-corrected chi connectivity index (χ1v) is 15.2. The molecule has 0 spiro atoms. The van der Waals surface area contributed by atoms with Crippen LogP contribution in [0, 0.1) is 5.92 Å². The Labute approximate surface area is 264 Å². The lowest BCUT2D eigenvalue weighted by Crippen LogP contribution is -2.44. The van der Waals surface area contributed by atoms with Gasteiger partial charge in [-0.15, -0.1) is 0 Å². The van der Waals surface area contributed by atoms with Crippen LogP contribution in [-0.2, 0) is 36.0 Å². The number of imide groups is 1. The molecular weight excluding hydrogens is 566 g/mol. The van der Waals surface area contributed by atoms with Gasteiger partial charge in [0, 0.05) is 0 Å². The highest BCUT2D eigenvalue weighted by Gasteiger charge is 2.47. The van der Waals surface area contributed by atoms with Crippen LogP contribution in [0.15, 0.2) is 121 Å². The predicted octanol–water partition coefficient (Wildman–Crippen LogP) is 7.28. The van der Waals surface area contributed by atoms with E-state index in [1.807, 2.05) is 121 Å². The second-order valence-electron chi connectivity index (χ2n) is 12.2. The highest BCUT2D eigenvalue weighted by molar-refractivity contribution is 5.97. The molecule has 7 heteroatoms. The largest absolute Gasteiger partial charge is 0.460 e. The predicted molar refractivity (Wildman–Crippen MR) is 171 cm³/mol. The zero-order chi connectivity index (χ0) is 31.9. The zero-order valence-corrected chi connectivity index (χ0v) is 25.9. The van der Waals surface area contributed by atoms with Gasteiger partial charge in [-0.3, -0.25) is 9.59 Å². The third kappa shape index (κ3) is 7.49. The van der Waals surface area contributed by atoms with Crippen molar-refractivity contribution in [3.05, 3.63) is 144 Å². The topological polar surface area (TPSA) is 82.1 Å². The number of carbonyl (C=O) groups excluding carboxylic acids is 3. The first-order chi connectivity index (χ1) is 21.7. The number of nitrogens with zero attached hydrogens (tertiary/aromatic N) is 1. The van der Waals surface area contributed by atoms with Gasteiger partial charge >= 0.3 is 12.1 Å². The van der Waals surface area contributed by atoms with Gasteiger partial charge in [0.15, 0.2) is 0 Å². The average molecular weight is 606 g/mol. The summed E-state index contributed by atoms with van der Waals surface area (Å²) in [5.41, 5.74) is 1.75. The summed E-state index contributed by atoms with van der Waals surface area (Å²) in [7, 11) is 0. The summed E-state index contributed by atoms with van der Waals surface area (Å²) >= 11 is 0. The van der Waals surface area contributed by atoms with Gasteiger partial charge in [0.2, 0.25) is 5.91 Å². The molecule has 4 aromatic rings. The van der Waals surface area contributed by atoms with Crippen LogP contribution < -0.4 is 0 Å². The lowest BCUT2D eigenvalue weighted by Gasteiger charge is -2.37. The molecule has 0 aliphatic carbocycles. The molecule has 1 aliphatic heterocycles. The van der Waals surface area contributed by atoms with Crippen molar-refractivity contribution >= 4 is 18.0 Å². The summed E-state index contributed by atoms with van der Waals surface area (Å²) in [6.07, 6.45) is -0.683. The van der Waals surface area contributed by atoms with Crippen molar-refractivity contribution in [1.82, 2.24) is 4.90 Å². The van der Waals surface area contributed by atoms with E-state index < -0.39 is 41.1 Å². The van der Waals surface area contributed by atoms with Crippen molar-refractivity contribution in [3.63, 3.8) is 0 Å². The number of esters is 1. The molecule has 0 unspecified atom stereocenters. The molecule has 1 aliphatic rings. The standard InChI is InChI=1S/C38H39NO6/c1-37(2,3)45-34(40)25-29-24-33(39(35(29)41)36(42)43-26-28-16-8-4-9-17-28)27-44-38(30-18-10-5-11-19-30,31-20-12-6-13-21-31)32-22-14-7-15-23-32/h4-23,29,33H,24-27H2,1-3H3/t29-,33-/m0/s1. The molecule has 45 heavy (non-hydrogen) atoms. The van der Waals surface area contributed by atoms with Crippen molar-refractivity contribution in [2.24, 2.45) is 5.92 Å². The molecule has 0 N–H and O–H groups in total. The summed E-state index contributed by atoms with van der Waals surface area (Å²) in [6.45, 7) is 5.36. The Hall–Kier alpha value is -4.75. The Morgan fingerprint density at radius 3 is 1.67 bits per heavy atom. The molecule has 2 atom stereocenters. The lowest BCUT2D eigenvalue weighted by molar-refractivity contribution is -0.157. The Morgan fingerprint density at radius 2 is 1.20 bits per heavy atom. The number of benzene rings is 4. The molecular formula is C38H39NO6. The molecule has 2 amide bonds. The molecule has 1 heterocycles. The van der Waals surface area contributed by atoms with Crippen molar-refractivity contribution in [1.29, 1.82) is 0 Å². The summed E-state index contributed by atoms with van der Waals surface area (Å²) in [6, 6.07) is 38.3. The molecule has 4 aromatic carbocycles. The summed E-state index contributed by atoms with van der Waals surface area (Å²) in [5.74, 6) is -1.72. The minimum absolute atomic E-state index is 0.00960. The Balaban J connectivity index is 1.48. The van der Waals surface area contributed by atoms with E-state index in [9.17, 15) is 14.4 Å².